The summed E-state index contributed by atoms with van der Waals surface area (Å²) in [4.78, 5) is 1.74. The van der Waals surface area contributed by atoms with Crippen molar-refractivity contribution in [3.05, 3.63) is 41.7 Å². The topological polar surface area (TPSA) is 56.5 Å². The summed E-state index contributed by atoms with van der Waals surface area (Å²) in [7, 11) is 3.26. The first-order chi connectivity index (χ1) is 9.08. The molecule has 0 amide bonds. The SMILES string of the molecule is COCC(O)CN(C)/C(=C/C#N)c1ccc(F)cc1. The largest absolute Gasteiger partial charge is 0.389 e. The molecule has 0 radical (unpaired) electrons. The first-order valence-corrected chi connectivity index (χ1v) is 5.82. The summed E-state index contributed by atoms with van der Waals surface area (Å²) in [6, 6.07) is 7.81. The molecule has 19 heavy (non-hydrogen) atoms. The van der Waals surface area contributed by atoms with E-state index in [1.165, 1.54) is 25.3 Å². The molecule has 102 valence electrons. The molecule has 1 unspecified atom stereocenters. The zero-order valence-corrected chi connectivity index (χ0v) is 11.0. The van der Waals surface area contributed by atoms with E-state index in [-0.39, 0.29) is 12.4 Å². The van der Waals surface area contributed by atoms with Crippen LogP contribution in [-0.2, 0) is 4.74 Å². The number of aliphatic hydroxyl groups excluding tert-OH is 1. The molecular formula is C14H17FN2O2. The highest BCUT2D eigenvalue weighted by Crippen LogP contribution is 2.18. The van der Waals surface area contributed by atoms with Gasteiger partial charge >= 0.3 is 0 Å². The van der Waals surface area contributed by atoms with Crippen molar-refractivity contribution in [2.45, 2.75) is 6.10 Å². The van der Waals surface area contributed by atoms with Crippen LogP contribution in [0.15, 0.2) is 30.3 Å². The van der Waals surface area contributed by atoms with Gasteiger partial charge in [0.25, 0.3) is 0 Å². The van der Waals surface area contributed by atoms with E-state index < -0.39 is 6.10 Å². The third-order valence-electron chi connectivity index (χ3n) is 2.60. The summed E-state index contributed by atoms with van der Waals surface area (Å²) in [6.45, 7) is 0.534. The number of benzene rings is 1. The van der Waals surface area contributed by atoms with E-state index in [9.17, 15) is 9.50 Å². The number of rotatable bonds is 6. The van der Waals surface area contributed by atoms with E-state index in [1.54, 1.807) is 24.1 Å². The van der Waals surface area contributed by atoms with Crippen molar-refractivity contribution in [2.24, 2.45) is 0 Å². The van der Waals surface area contributed by atoms with E-state index in [0.29, 0.717) is 12.2 Å². The van der Waals surface area contributed by atoms with Gasteiger partial charge in [-0.3, -0.25) is 0 Å². The van der Waals surface area contributed by atoms with Crippen LogP contribution in [0.2, 0.25) is 0 Å². The van der Waals surface area contributed by atoms with Gasteiger partial charge in [-0.1, -0.05) is 0 Å². The molecule has 0 saturated heterocycles. The zero-order chi connectivity index (χ0) is 14.3. The van der Waals surface area contributed by atoms with Crippen LogP contribution in [0.3, 0.4) is 0 Å². The molecule has 1 rings (SSSR count). The van der Waals surface area contributed by atoms with Gasteiger partial charge in [-0.25, -0.2) is 4.39 Å². The normalized spacial score (nSPS) is 12.9. The third kappa shape index (κ3) is 4.70. The van der Waals surface area contributed by atoms with Gasteiger partial charge in [-0.15, -0.1) is 0 Å². The summed E-state index contributed by atoms with van der Waals surface area (Å²) in [5, 5.41) is 18.5. The second-order valence-corrected chi connectivity index (χ2v) is 4.16. The highest BCUT2D eigenvalue weighted by molar-refractivity contribution is 5.66. The number of aliphatic hydroxyl groups is 1. The Bertz CT molecular complexity index is 465. The fraction of sp³-hybridized carbons (Fsp3) is 0.357. The zero-order valence-electron chi connectivity index (χ0n) is 11.0. The lowest BCUT2D eigenvalue weighted by molar-refractivity contribution is 0.0525. The molecule has 0 aliphatic heterocycles. The van der Waals surface area contributed by atoms with Gasteiger partial charge in [0, 0.05) is 26.8 Å². The van der Waals surface area contributed by atoms with E-state index in [0.717, 1.165) is 5.56 Å². The van der Waals surface area contributed by atoms with Crippen molar-refractivity contribution in [3.8, 4) is 6.07 Å². The molecule has 1 aromatic rings. The molecule has 0 aliphatic carbocycles. The number of methoxy groups -OCH3 is 1. The first kappa shape index (κ1) is 15.2. The van der Waals surface area contributed by atoms with Crippen molar-refractivity contribution in [3.63, 3.8) is 0 Å². The van der Waals surface area contributed by atoms with Crippen LogP contribution in [0.5, 0.6) is 0 Å². The molecule has 0 aromatic heterocycles. The molecule has 1 atom stereocenters. The number of nitrogens with zero attached hydrogens (tertiary/aromatic N) is 2. The lowest BCUT2D eigenvalue weighted by Gasteiger charge is -2.24. The average Bonchev–Trinajstić information content (AvgIpc) is 2.37. The molecule has 1 aromatic carbocycles. The number of allylic oxidation sites excluding steroid dienone is 1. The molecule has 0 bridgehead atoms. The fourth-order valence-electron chi connectivity index (χ4n) is 1.76. The minimum Gasteiger partial charge on any atom is -0.389 e. The lowest BCUT2D eigenvalue weighted by Crippen LogP contribution is -2.31. The van der Waals surface area contributed by atoms with Gasteiger partial charge < -0.3 is 14.7 Å². The molecule has 5 heteroatoms. The molecule has 0 heterocycles. The summed E-state index contributed by atoms with van der Waals surface area (Å²) < 4.78 is 17.7. The number of halogens is 1. The van der Waals surface area contributed by atoms with Crippen molar-refractivity contribution >= 4 is 5.70 Å². The fourth-order valence-corrected chi connectivity index (χ4v) is 1.76. The maximum absolute atomic E-state index is 12.9. The van der Waals surface area contributed by atoms with Gasteiger partial charge in [0.05, 0.1) is 24.5 Å². The predicted octanol–water partition coefficient (Wildman–Crippen LogP) is 1.63. The van der Waals surface area contributed by atoms with E-state index in [4.69, 9.17) is 10.00 Å². The Kier molecular flexibility index (Phi) is 6.00. The Morgan fingerprint density at radius 2 is 2.16 bits per heavy atom. The van der Waals surface area contributed by atoms with Crippen LogP contribution in [0, 0.1) is 17.1 Å². The van der Waals surface area contributed by atoms with Crippen molar-refractivity contribution in [2.75, 3.05) is 27.3 Å². The monoisotopic (exact) mass is 264 g/mol. The molecule has 4 nitrogen and oxygen atoms in total. The maximum Gasteiger partial charge on any atom is 0.123 e. The molecule has 0 saturated carbocycles. The van der Waals surface area contributed by atoms with Crippen LogP contribution >= 0.6 is 0 Å². The van der Waals surface area contributed by atoms with E-state index in [1.807, 2.05) is 6.07 Å². The average molecular weight is 264 g/mol. The van der Waals surface area contributed by atoms with Crippen molar-refractivity contribution in [1.82, 2.24) is 4.90 Å². The van der Waals surface area contributed by atoms with Crippen molar-refractivity contribution in [1.29, 1.82) is 5.26 Å². The number of hydrogen-bond donors (Lipinski definition) is 1. The predicted molar refractivity (Wildman–Crippen MR) is 70.5 cm³/mol. The van der Waals surface area contributed by atoms with Crippen LogP contribution < -0.4 is 0 Å². The van der Waals surface area contributed by atoms with Crippen LogP contribution in [0.25, 0.3) is 5.70 Å². The van der Waals surface area contributed by atoms with Crippen LogP contribution in [0.4, 0.5) is 4.39 Å². The summed E-state index contributed by atoms with van der Waals surface area (Å²) in [5.41, 5.74) is 1.34. The van der Waals surface area contributed by atoms with Gasteiger partial charge in [-0.2, -0.15) is 5.26 Å². The molecule has 0 aliphatic rings. The quantitative estimate of drug-likeness (QED) is 0.793. The summed E-state index contributed by atoms with van der Waals surface area (Å²) in [6.07, 6.45) is 0.713. The minimum atomic E-state index is -0.655. The maximum atomic E-state index is 12.9. The highest BCUT2D eigenvalue weighted by Gasteiger charge is 2.12. The Balaban J connectivity index is 2.87. The number of hydrogen-bond acceptors (Lipinski definition) is 4. The molecule has 1 N–H and O–H groups in total. The summed E-state index contributed by atoms with van der Waals surface area (Å²) >= 11 is 0. The van der Waals surface area contributed by atoms with Gasteiger partial charge in [0.15, 0.2) is 0 Å². The second kappa shape index (κ2) is 7.52. The Hall–Kier alpha value is -1.90. The third-order valence-corrected chi connectivity index (χ3v) is 2.60. The second-order valence-electron chi connectivity index (χ2n) is 4.16. The van der Waals surface area contributed by atoms with Crippen LogP contribution in [0.1, 0.15) is 5.56 Å². The standard InChI is InChI=1S/C14H17FN2O2/c1-17(9-13(18)10-19-2)14(7-8-16)11-3-5-12(15)6-4-11/h3-7,13,18H,9-10H2,1-2H3/b14-7+. The summed E-state index contributed by atoms with van der Waals surface area (Å²) in [5.74, 6) is -0.331. The number of ether oxygens (including phenoxy) is 1. The van der Waals surface area contributed by atoms with Gasteiger partial charge in [0.2, 0.25) is 0 Å². The minimum absolute atomic E-state index is 0.216. The lowest BCUT2D eigenvalue weighted by atomic mass is 10.1. The molecule has 0 fully saturated rings. The smallest absolute Gasteiger partial charge is 0.123 e. The van der Waals surface area contributed by atoms with E-state index in [2.05, 4.69) is 0 Å². The Labute approximate surface area is 112 Å². The molecular weight excluding hydrogens is 247 g/mol. The van der Waals surface area contributed by atoms with E-state index >= 15 is 0 Å². The highest BCUT2D eigenvalue weighted by atomic mass is 19.1. The van der Waals surface area contributed by atoms with Crippen LogP contribution in [-0.4, -0.2) is 43.4 Å². The van der Waals surface area contributed by atoms with Crippen molar-refractivity contribution < 1.29 is 14.2 Å². The Morgan fingerprint density at radius 3 is 2.68 bits per heavy atom. The number of likely N-dealkylation sites (N-methyl/N-ethyl adjacent to an activating group) is 1. The Morgan fingerprint density at radius 1 is 1.53 bits per heavy atom. The van der Waals surface area contributed by atoms with Gasteiger partial charge in [0.1, 0.15) is 5.82 Å². The van der Waals surface area contributed by atoms with Gasteiger partial charge in [-0.05, 0) is 29.8 Å². The first-order valence-electron chi connectivity index (χ1n) is 5.82. The molecule has 0 spiro atoms. The number of nitriles is 1.